The summed E-state index contributed by atoms with van der Waals surface area (Å²) >= 11 is 0. The number of hydrogen-bond acceptors (Lipinski definition) is 5. The summed E-state index contributed by atoms with van der Waals surface area (Å²) < 4.78 is 9.39. The third kappa shape index (κ3) is 5.30. The first-order chi connectivity index (χ1) is 13.3. The van der Waals surface area contributed by atoms with Gasteiger partial charge < -0.3 is 14.8 Å². The molecular weight excluding hydrogens is 358 g/mol. The first-order valence-corrected chi connectivity index (χ1v) is 8.75. The molecule has 0 aliphatic carbocycles. The Morgan fingerprint density at radius 2 is 1.57 bits per heavy atom. The molecule has 0 aliphatic rings. The molecule has 0 heterocycles. The van der Waals surface area contributed by atoms with E-state index in [0.717, 1.165) is 5.56 Å². The van der Waals surface area contributed by atoms with E-state index in [-0.39, 0.29) is 16.8 Å². The van der Waals surface area contributed by atoms with Crippen molar-refractivity contribution in [3.8, 4) is 0 Å². The number of benzene rings is 2. The van der Waals surface area contributed by atoms with Crippen molar-refractivity contribution in [1.82, 2.24) is 0 Å². The summed E-state index contributed by atoms with van der Waals surface area (Å²) in [6, 6.07) is 12.1. The van der Waals surface area contributed by atoms with Crippen molar-refractivity contribution in [2.24, 2.45) is 0 Å². The second-order valence-electron chi connectivity index (χ2n) is 6.39. The number of anilines is 1. The number of ether oxygens (including phenoxy) is 2. The lowest BCUT2D eigenvalue weighted by molar-refractivity contribution is -0.111. The van der Waals surface area contributed by atoms with Crippen LogP contribution < -0.4 is 5.32 Å². The van der Waals surface area contributed by atoms with E-state index in [1.807, 2.05) is 24.3 Å². The zero-order valence-corrected chi connectivity index (χ0v) is 16.3. The van der Waals surface area contributed by atoms with E-state index < -0.39 is 17.8 Å². The normalized spacial score (nSPS) is 10.8. The molecule has 1 amide bonds. The third-order valence-electron chi connectivity index (χ3n) is 4.13. The zero-order valence-electron chi connectivity index (χ0n) is 16.3. The highest BCUT2D eigenvalue weighted by Crippen LogP contribution is 2.20. The molecule has 0 atom stereocenters. The van der Waals surface area contributed by atoms with Crippen LogP contribution in [0.25, 0.3) is 6.08 Å². The van der Waals surface area contributed by atoms with Crippen molar-refractivity contribution in [1.29, 1.82) is 0 Å². The van der Waals surface area contributed by atoms with Gasteiger partial charge in [-0.25, -0.2) is 9.59 Å². The van der Waals surface area contributed by atoms with Gasteiger partial charge in [-0.1, -0.05) is 38.1 Å². The van der Waals surface area contributed by atoms with Gasteiger partial charge in [-0.2, -0.15) is 0 Å². The largest absolute Gasteiger partial charge is 0.465 e. The van der Waals surface area contributed by atoms with Crippen LogP contribution in [0.4, 0.5) is 5.69 Å². The van der Waals surface area contributed by atoms with Crippen LogP contribution in [0, 0.1) is 0 Å². The van der Waals surface area contributed by atoms with Gasteiger partial charge in [0.05, 0.1) is 31.0 Å². The molecule has 0 radical (unpaired) electrons. The molecule has 0 saturated heterocycles. The van der Waals surface area contributed by atoms with E-state index in [9.17, 15) is 14.4 Å². The van der Waals surface area contributed by atoms with E-state index in [1.165, 1.54) is 44.1 Å². The predicted octanol–water partition coefficient (Wildman–Crippen LogP) is 4.04. The van der Waals surface area contributed by atoms with Crippen LogP contribution in [-0.4, -0.2) is 32.1 Å². The number of carbonyl (C=O) groups is 3. The maximum Gasteiger partial charge on any atom is 0.339 e. The Labute approximate surface area is 164 Å². The number of methoxy groups -OCH3 is 2. The molecule has 2 aromatic carbocycles. The number of rotatable bonds is 6. The number of hydrogen-bond donors (Lipinski definition) is 1. The van der Waals surface area contributed by atoms with E-state index in [2.05, 4.69) is 23.9 Å². The topological polar surface area (TPSA) is 81.7 Å². The summed E-state index contributed by atoms with van der Waals surface area (Å²) in [5.74, 6) is -1.21. The van der Waals surface area contributed by atoms with Gasteiger partial charge in [0.25, 0.3) is 0 Å². The first-order valence-electron chi connectivity index (χ1n) is 8.75. The fraction of sp³-hybridized carbons (Fsp3) is 0.227. The summed E-state index contributed by atoms with van der Waals surface area (Å²) in [7, 11) is 2.49. The second kappa shape index (κ2) is 9.50. The van der Waals surface area contributed by atoms with Crippen LogP contribution in [-0.2, 0) is 14.3 Å². The lowest BCUT2D eigenvalue weighted by Gasteiger charge is -2.10. The van der Waals surface area contributed by atoms with E-state index >= 15 is 0 Å². The van der Waals surface area contributed by atoms with Crippen LogP contribution in [0.15, 0.2) is 48.5 Å². The van der Waals surface area contributed by atoms with Gasteiger partial charge >= 0.3 is 11.9 Å². The highest BCUT2D eigenvalue weighted by atomic mass is 16.5. The van der Waals surface area contributed by atoms with Gasteiger partial charge in [0.2, 0.25) is 5.91 Å². The second-order valence-corrected chi connectivity index (χ2v) is 6.39. The number of amides is 1. The summed E-state index contributed by atoms with van der Waals surface area (Å²) in [6.45, 7) is 4.22. The minimum absolute atomic E-state index is 0.137. The lowest BCUT2D eigenvalue weighted by atomic mass is 10.0. The molecule has 28 heavy (non-hydrogen) atoms. The average Bonchev–Trinajstić information content (AvgIpc) is 2.71. The maximum absolute atomic E-state index is 12.3. The van der Waals surface area contributed by atoms with Crippen LogP contribution in [0.1, 0.15) is 51.6 Å². The molecule has 0 aliphatic heterocycles. The molecule has 0 aromatic heterocycles. The molecule has 6 nitrogen and oxygen atoms in total. The van der Waals surface area contributed by atoms with Crippen molar-refractivity contribution in [2.45, 2.75) is 19.8 Å². The third-order valence-corrected chi connectivity index (χ3v) is 4.13. The highest BCUT2D eigenvalue weighted by molar-refractivity contribution is 6.07. The van der Waals surface area contributed by atoms with E-state index in [4.69, 9.17) is 4.74 Å². The molecule has 0 unspecified atom stereocenters. The number of nitrogens with one attached hydrogen (secondary N) is 1. The summed E-state index contributed by atoms with van der Waals surface area (Å²) in [5.41, 5.74) is 2.59. The Balaban J connectivity index is 2.21. The van der Waals surface area contributed by atoms with Crippen LogP contribution >= 0.6 is 0 Å². The summed E-state index contributed by atoms with van der Waals surface area (Å²) in [6.07, 6.45) is 3.03. The van der Waals surface area contributed by atoms with Crippen molar-refractivity contribution in [3.05, 3.63) is 70.8 Å². The van der Waals surface area contributed by atoms with Gasteiger partial charge in [-0.3, -0.25) is 4.79 Å². The number of carbonyl (C=O) groups excluding carboxylic acids is 3. The average molecular weight is 381 g/mol. The monoisotopic (exact) mass is 381 g/mol. The molecule has 1 N–H and O–H groups in total. The van der Waals surface area contributed by atoms with Gasteiger partial charge in [0, 0.05) is 6.08 Å². The van der Waals surface area contributed by atoms with Crippen LogP contribution in [0.2, 0.25) is 0 Å². The van der Waals surface area contributed by atoms with Crippen LogP contribution in [0.3, 0.4) is 0 Å². The Bertz CT molecular complexity index is 898. The van der Waals surface area contributed by atoms with Gasteiger partial charge in [0.15, 0.2) is 0 Å². The molecule has 0 fully saturated rings. The lowest BCUT2D eigenvalue weighted by Crippen LogP contribution is -2.14. The molecule has 146 valence electrons. The molecule has 2 rings (SSSR count). The smallest absolute Gasteiger partial charge is 0.339 e. The van der Waals surface area contributed by atoms with Crippen molar-refractivity contribution < 1.29 is 23.9 Å². The maximum atomic E-state index is 12.3. The minimum Gasteiger partial charge on any atom is -0.465 e. The van der Waals surface area contributed by atoms with Crippen molar-refractivity contribution >= 4 is 29.6 Å². The number of esters is 2. The Hall–Kier alpha value is -3.41. The molecule has 2 aromatic rings. The quantitative estimate of drug-likeness (QED) is 0.603. The Morgan fingerprint density at radius 3 is 2.14 bits per heavy atom. The van der Waals surface area contributed by atoms with Gasteiger partial charge in [0.1, 0.15) is 0 Å². The van der Waals surface area contributed by atoms with E-state index in [1.54, 1.807) is 6.08 Å². The molecule has 0 bridgehead atoms. The van der Waals surface area contributed by atoms with E-state index in [0.29, 0.717) is 5.92 Å². The summed E-state index contributed by atoms with van der Waals surface area (Å²) in [5, 5.41) is 2.61. The molecular formula is C22H23NO5. The Morgan fingerprint density at radius 1 is 0.929 bits per heavy atom. The first kappa shape index (κ1) is 20.9. The standard InChI is InChI=1S/C22H23NO5/c1-14(2)16-8-5-15(6-9-16)7-12-20(24)23-19-13-17(21(25)27-3)10-11-18(19)22(26)28-4/h5-14H,1-4H3,(H,23,24)/b12-7+. The predicted molar refractivity (Wildman–Crippen MR) is 107 cm³/mol. The van der Waals surface area contributed by atoms with Gasteiger partial charge in [-0.15, -0.1) is 0 Å². The summed E-state index contributed by atoms with van der Waals surface area (Å²) in [4.78, 5) is 36.0. The minimum atomic E-state index is -0.625. The van der Waals surface area contributed by atoms with Crippen LogP contribution in [0.5, 0.6) is 0 Å². The van der Waals surface area contributed by atoms with Crippen molar-refractivity contribution in [3.63, 3.8) is 0 Å². The SMILES string of the molecule is COC(=O)c1ccc(C(=O)OC)c(NC(=O)/C=C/c2ccc(C(C)C)cc2)c1. The Kier molecular flexibility index (Phi) is 7.09. The zero-order chi connectivity index (χ0) is 20.7. The molecule has 6 heteroatoms. The van der Waals surface area contributed by atoms with Gasteiger partial charge in [-0.05, 0) is 41.3 Å². The van der Waals surface area contributed by atoms with Crippen molar-refractivity contribution in [2.75, 3.05) is 19.5 Å². The molecule has 0 spiro atoms. The molecule has 0 saturated carbocycles. The fourth-order valence-corrected chi connectivity index (χ4v) is 2.52. The fourth-order valence-electron chi connectivity index (χ4n) is 2.52. The highest BCUT2D eigenvalue weighted by Gasteiger charge is 2.16.